The highest BCUT2D eigenvalue weighted by atomic mass is 16.1. The van der Waals surface area contributed by atoms with E-state index in [0.717, 1.165) is 42.3 Å². The van der Waals surface area contributed by atoms with Crippen LogP contribution in [0.15, 0.2) is 36.5 Å². The summed E-state index contributed by atoms with van der Waals surface area (Å²) in [6, 6.07) is 8.93. The molecule has 7 nitrogen and oxygen atoms in total. The van der Waals surface area contributed by atoms with E-state index in [1.165, 1.54) is 0 Å². The number of anilines is 1. The van der Waals surface area contributed by atoms with Crippen LogP contribution >= 0.6 is 0 Å². The monoisotopic (exact) mass is 358 g/mol. The molecule has 2 aromatic heterocycles. The van der Waals surface area contributed by atoms with Gasteiger partial charge in [-0.15, -0.1) is 0 Å². The molecule has 1 amide bonds. The number of fused-ring (bicyclic) bond motifs is 1. The van der Waals surface area contributed by atoms with Gasteiger partial charge < -0.3 is 11.5 Å². The summed E-state index contributed by atoms with van der Waals surface area (Å²) in [4.78, 5) is 16.3. The van der Waals surface area contributed by atoms with Crippen molar-refractivity contribution >= 4 is 24.1 Å². The minimum atomic E-state index is -0.480. The topological polar surface area (TPSA) is 123 Å². The molecule has 0 saturated carbocycles. The molecule has 1 saturated heterocycles. The van der Waals surface area contributed by atoms with Gasteiger partial charge in [0, 0.05) is 28.9 Å². The normalized spacial score (nSPS) is 17.0. The Labute approximate surface area is 157 Å². The van der Waals surface area contributed by atoms with E-state index in [1.54, 1.807) is 28.9 Å². The molecule has 0 bridgehead atoms. The lowest BCUT2D eigenvalue weighted by atomic mass is 9.41. The van der Waals surface area contributed by atoms with Crippen LogP contribution in [0.5, 0.6) is 0 Å². The van der Waals surface area contributed by atoms with Gasteiger partial charge in [-0.1, -0.05) is 31.2 Å². The van der Waals surface area contributed by atoms with E-state index < -0.39 is 5.91 Å². The molecule has 8 heteroatoms. The average Bonchev–Trinajstić information content (AvgIpc) is 3.12. The van der Waals surface area contributed by atoms with Crippen LogP contribution in [0.25, 0.3) is 16.8 Å². The van der Waals surface area contributed by atoms with Crippen LogP contribution in [0.3, 0.4) is 0 Å². The molecular formula is C19H19BN6O. The average molecular weight is 358 g/mol. The van der Waals surface area contributed by atoms with Crippen molar-refractivity contribution in [2.24, 2.45) is 5.73 Å². The third-order valence-corrected chi connectivity index (χ3v) is 5.25. The molecule has 3 heterocycles. The predicted molar refractivity (Wildman–Crippen MR) is 104 cm³/mol. The molecule has 4 N–H and O–H groups in total. The van der Waals surface area contributed by atoms with Gasteiger partial charge in [0.1, 0.15) is 5.82 Å². The van der Waals surface area contributed by atoms with E-state index >= 15 is 0 Å². The summed E-state index contributed by atoms with van der Waals surface area (Å²) in [5, 5.41) is 13.6. The molecule has 134 valence electrons. The fraction of sp³-hybridized carbons (Fsp3) is 0.263. The highest BCUT2D eigenvalue weighted by Gasteiger charge is 2.28. The van der Waals surface area contributed by atoms with E-state index in [0.29, 0.717) is 17.0 Å². The lowest BCUT2D eigenvalue weighted by molar-refractivity contribution is 0.100. The van der Waals surface area contributed by atoms with Crippen molar-refractivity contribution in [2.75, 3.05) is 5.73 Å². The number of carbonyl (C=O) groups excluding carboxylic acids is 1. The van der Waals surface area contributed by atoms with Gasteiger partial charge in [0.15, 0.2) is 5.65 Å². The molecule has 0 aliphatic carbocycles. The molecule has 1 aromatic carbocycles. The highest BCUT2D eigenvalue weighted by Crippen LogP contribution is 2.34. The SMILES string of the molecule is N#CB1CCCC(c2cc(N)n3ncc(-c4cccc(C(N)=O)c4)c3n2)C1. The second-order valence-corrected chi connectivity index (χ2v) is 7.03. The summed E-state index contributed by atoms with van der Waals surface area (Å²) < 4.78 is 1.60. The molecule has 1 unspecified atom stereocenters. The zero-order chi connectivity index (χ0) is 19.0. The number of nitrogens with two attached hydrogens (primary N) is 2. The van der Waals surface area contributed by atoms with Crippen molar-refractivity contribution in [1.82, 2.24) is 14.6 Å². The van der Waals surface area contributed by atoms with Gasteiger partial charge in [-0.05, 0) is 30.0 Å². The molecule has 0 spiro atoms. The van der Waals surface area contributed by atoms with Crippen molar-refractivity contribution in [1.29, 1.82) is 5.26 Å². The van der Waals surface area contributed by atoms with Crippen LogP contribution in [0.2, 0.25) is 12.6 Å². The number of amides is 1. The second kappa shape index (κ2) is 6.76. The van der Waals surface area contributed by atoms with Crippen molar-refractivity contribution in [3.63, 3.8) is 0 Å². The summed E-state index contributed by atoms with van der Waals surface area (Å²) in [5.41, 5.74) is 15.2. The first kappa shape index (κ1) is 17.1. The standard InChI is InChI=1S/C19H19BN6O/c21-11-20-6-2-5-14(9-20)16-8-17(22)26-19(25-16)15(10-24-26)12-3-1-4-13(7-12)18(23)27/h1,3-4,7-8,10,14H,2,5-6,9,22H2,(H2,23,27). The van der Waals surface area contributed by atoms with E-state index in [-0.39, 0.29) is 12.6 Å². The fourth-order valence-corrected chi connectivity index (χ4v) is 3.83. The molecule has 1 fully saturated rings. The van der Waals surface area contributed by atoms with E-state index in [1.807, 2.05) is 12.1 Å². The van der Waals surface area contributed by atoms with Crippen LogP contribution < -0.4 is 11.5 Å². The number of nitrogens with zero attached hydrogens (tertiary/aromatic N) is 4. The number of hydrogen-bond acceptors (Lipinski definition) is 5. The van der Waals surface area contributed by atoms with E-state index in [4.69, 9.17) is 16.5 Å². The van der Waals surface area contributed by atoms with Gasteiger partial charge in [0.25, 0.3) is 6.71 Å². The maximum atomic E-state index is 11.5. The van der Waals surface area contributed by atoms with Crippen molar-refractivity contribution < 1.29 is 4.79 Å². The van der Waals surface area contributed by atoms with Crippen LogP contribution in [-0.2, 0) is 0 Å². The Kier molecular flexibility index (Phi) is 4.28. The second-order valence-electron chi connectivity index (χ2n) is 7.03. The first-order valence-corrected chi connectivity index (χ1v) is 9.01. The summed E-state index contributed by atoms with van der Waals surface area (Å²) in [6.07, 6.45) is 5.47. The zero-order valence-corrected chi connectivity index (χ0v) is 14.8. The highest BCUT2D eigenvalue weighted by molar-refractivity contribution is 6.67. The smallest absolute Gasteiger partial charge is 0.268 e. The Balaban J connectivity index is 1.80. The third-order valence-electron chi connectivity index (χ3n) is 5.25. The minimum Gasteiger partial charge on any atom is -0.384 e. The number of benzene rings is 1. The number of aromatic nitrogens is 3. The Hall–Kier alpha value is -3.34. The number of primary amides is 1. The first-order valence-electron chi connectivity index (χ1n) is 9.01. The lowest BCUT2D eigenvalue weighted by Gasteiger charge is -2.23. The number of rotatable bonds is 3. The summed E-state index contributed by atoms with van der Waals surface area (Å²) in [7, 11) is 0. The van der Waals surface area contributed by atoms with Gasteiger partial charge in [0.2, 0.25) is 5.91 Å². The fourth-order valence-electron chi connectivity index (χ4n) is 3.83. The van der Waals surface area contributed by atoms with Gasteiger partial charge in [-0.2, -0.15) is 9.61 Å². The Morgan fingerprint density at radius 3 is 3.00 bits per heavy atom. The number of hydrogen-bond donors (Lipinski definition) is 2. The van der Waals surface area contributed by atoms with Crippen LogP contribution in [0.1, 0.15) is 34.8 Å². The molecule has 1 aliphatic heterocycles. The maximum absolute atomic E-state index is 11.5. The molecule has 27 heavy (non-hydrogen) atoms. The van der Waals surface area contributed by atoms with Crippen LogP contribution in [0.4, 0.5) is 5.82 Å². The van der Waals surface area contributed by atoms with Gasteiger partial charge in [-0.25, -0.2) is 10.2 Å². The Morgan fingerprint density at radius 2 is 2.22 bits per heavy atom. The molecule has 1 aliphatic rings. The third kappa shape index (κ3) is 3.12. The zero-order valence-electron chi connectivity index (χ0n) is 14.8. The first-order chi connectivity index (χ1) is 13.1. The molecule has 4 rings (SSSR count). The Morgan fingerprint density at radius 1 is 1.37 bits per heavy atom. The summed E-state index contributed by atoms with van der Waals surface area (Å²) >= 11 is 0. The van der Waals surface area contributed by atoms with Crippen molar-refractivity contribution in [3.8, 4) is 17.1 Å². The van der Waals surface area contributed by atoms with Crippen LogP contribution in [0, 0.1) is 11.2 Å². The predicted octanol–water partition coefficient (Wildman–Crippen LogP) is 2.51. The summed E-state index contributed by atoms with van der Waals surface area (Å²) in [5.74, 6) is 2.63. The number of carbonyl (C=O) groups is 1. The molecular weight excluding hydrogens is 339 g/mol. The summed E-state index contributed by atoms with van der Waals surface area (Å²) in [6.45, 7) is 0.0691. The van der Waals surface area contributed by atoms with Crippen molar-refractivity contribution in [2.45, 2.75) is 31.4 Å². The quantitative estimate of drug-likeness (QED) is 0.697. The lowest BCUT2D eigenvalue weighted by Crippen LogP contribution is -2.21. The van der Waals surface area contributed by atoms with Gasteiger partial charge >= 0.3 is 0 Å². The minimum absolute atomic E-state index is 0.0691. The molecule has 3 aromatic rings. The van der Waals surface area contributed by atoms with E-state index in [2.05, 4.69) is 11.1 Å². The Bertz CT molecular complexity index is 1070. The van der Waals surface area contributed by atoms with E-state index in [9.17, 15) is 10.1 Å². The number of nitrogen functional groups attached to an aromatic ring is 1. The largest absolute Gasteiger partial charge is 0.384 e. The van der Waals surface area contributed by atoms with Crippen LogP contribution in [-0.4, -0.2) is 27.2 Å². The number of nitriles is 1. The van der Waals surface area contributed by atoms with Gasteiger partial charge in [-0.3, -0.25) is 4.79 Å². The molecule has 1 atom stereocenters. The maximum Gasteiger partial charge on any atom is 0.268 e. The van der Waals surface area contributed by atoms with Gasteiger partial charge in [0.05, 0.1) is 6.20 Å². The van der Waals surface area contributed by atoms with Crippen molar-refractivity contribution in [3.05, 3.63) is 47.8 Å². The molecule has 0 radical (unpaired) electrons.